The van der Waals surface area contributed by atoms with Crippen LogP contribution in [-0.2, 0) is 13.1 Å². The first kappa shape index (κ1) is 12.1. The summed E-state index contributed by atoms with van der Waals surface area (Å²) in [6, 6.07) is 8.30. The lowest BCUT2D eigenvalue weighted by molar-refractivity contribution is 0.622. The van der Waals surface area contributed by atoms with Crippen LogP contribution in [0.2, 0.25) is 0 Å². The molecule has 0 atom stereocenters. The summed E-state index contributed by atoms with van der Waals surface area (Å²) in [5, 5.41) is 16.1. The second kappa shape index (κ2) is 5.32. The van der Waals surface area contributed by atoms with Crippen molar-refractivity contribution in [2.75, 3.05) is 5.32 Å². The van der Waals surface area contributed by atoms with E-state index in [4.69, 9.17) is 5.26 Å². The normalized spacial score (nSPS) is 10.1. The Morgan fingerprint density at radius 3 is 3.00 bits per heavy atom. The number of nitrogens with zero attached hydrogens (tertiary/aromatic N) is 3. The average molecular weight is 244 g/mol. The van der Waals surface area contributed by atoms with Gasteiger partial charge in [-0.05, 0) is 25.1 Å². The molecule has 0 unspecified atom stereocenters. The van der Waals surface area contributed by atoms with Gasteiger partial charge in [0.1, 0.15) is 17.4 Å². The molecule has 0 aliphatic carbocycles. The van der Waals surface area contributed by atoms with Crippen molar-refractivity contribution in [2.45, 2.75) is 20.0 Å². The summed E-state index contributed by atoms with van der Waals surface area (Å²) in [6.07, 6.45) is 1.72. The number of rotatable bonds is 4. The van der Waals surface area contributed by atoms with Crippen LogP contribution in [0.1, 0.15) is 18.2 Å². The summed E-state index contributed by atoms with van der Waals surface area (Å²) < 4.78 is 15.2. The molecular weight excluding hydrogens is 231 g/mol. The van der Waals surface area contributed by atoms with Crippen LogP contribution in [0.3, 0.4) is 0 Å². The lowest BCUT2D eigenvalue weighted by Gasteiger charge is -2.09. The van der Waals surface area contributed by atoms with Crippen molar-refractivity contribution < 1.29 is 4.39 Å². The Kier molecular flexibility index (Phi) is 3.58. The molecule has 4 nitrogen and oxygen atoms in total. The highest BCUT2D eigenvalue weighted by Gasteiger charge is 2.08. The number of aryl methyl sites for hydroxylation is 1. The fraction of sp³-hybridized carbons (Fsp3) is 0.231. The maximum atomic E-state index is 13.4. The van der Waals surface area contributed by atoms with E-state index in [1.54, 1.807) is 18.3 Å². The summed E-state index contributed by atoms with van der Waals surface area (Å²) in [5.74, 6) is -0.508. The Labute approximate surface area is 105 Å². The van der Waals surface area contributed by atoms with Crippen LogP contribution >= 0.6 is 0 Å². The van der Waals surface area contributed by atoms with Crippen molar-refractivity contribution in [1.29, 1.82) is 5.26 Å². The van der Waals surface area contributed by atoms with Gasteiger partial charge in [0.2, 0.25) is 0 Å². The molecule has 0 spiro atoms. The predicted molar refractivity (Wildman–Crippen MR) is 66.3 cm³/mol. The lowest BCUT2D eigenvalue weighted by atomic mass is 10.2. The highest BCUT2D eigenvalue weighted by Crippen LogP contribution is 2.18. The minimum absolute atomic E-state index is 0.0417. The molecule has 0 aliphatic rings. The molecule has 1 heterocycles. The molecule has 1 N–H and O–H groups in total. The van der Waals surface area contributed by atoms with Crippen molar-refractivity contribution >= 4 is 5.69 Å². The van der Waals surface area contributed by atoms with Crippen molar-refractivity contribution in [2.24, 2.45) is 0 Å². The molecule has 92 valence electrons. The Morgan fingerprint density at radius 1 is 1.44 bits per heavy atom. The van der Waals surface area contributed by atoms with Crippen LogP contribution in [0.4, 0.5) is 10.1 Å². The monoisotopic (exact) mass is 244 g/mol. The molecule has 1 aromatic carbocycles. The highest BCUT2D eigenvalue weighted by atomic mass is 19.1. The highest BCUT2D eigenvalue weighted by molar-refractivity contribution is 5.57. The van der Waals surface area contributed by atoms with Crippen LogP contribution in [0.25, 0.3) is 0 Å². The number of anilines is 1. The zero-order valence-corrected chi connectivity index (χ0v) is 10.0. The van der Waals surface area contributed by atoms with E-state index in [-0.39, 0.29) is 5.56 Å². The van der Waals surface area contributed by atoms with Crippen LogP contribution in [0.15, 0.2) is 30.5 Å². The molecule has 0 amide bonds. The Morgan fingerprint density at radius 2 is 2.28 bits per heavy atom. The van der Waals surface area contributed by atoms with Gasteiger partial charge in [-0.1, -0.05) is 6.07 Å². The largest absolute Gasteiger partial charge is 0.378 e. The SMILES string of the molecule is CCn1nccc1CNc1cccc(F)c1C#N. The topological polar surface area (TPSA) is 53.6 Å². The molecule has 0 aliphatic heterocycles. The Hall–Kier alpha value is -2.35. The van der Waals surface area contributed by atoms with E-state index in [9.17, 15) is 4.39 Å². The zero-order chi connectivity index (χ0) is 13.0. The molecule has 0 saturated carbocycles. The number of nitrogens with one attached hydrogen (secondary N) is 1. The molecule has 0 radical (unpaired) electrons. The van der Waals surface area contributed by atoms with Gasteiger partial charge in [-0.15, -0.1) is 0 Å². The molecule has 0 fully saturated rings. The number of hydrogen-bond acceptors (Lipinski definition) is 3. The van der Waals surface area contributed by atoms with Gasteiger partial charge in [0, 0.05) is 12.7 Å². The molecule has 2 rings (SSSR count). The van der Waals surface area contributed by atoms with Gasteiger partial charge in [-0.3, -0.25) is 4.68 Å². The van der Waals surface area contributed by atoms with E-state index in [1.807, 2.05) is 23.7 Å². The van der Waals surface area contributed by atoms with E-state index in [0.29, 0.717) is 12.2 Å². The summed E-state index contributed by atoms with van der Waals surface area (Å²) >= 11 is 0. The standard InChI is InChI=1S/C13H13FN4/c1-2-18-10(6-7-17-18)9-16-13-5-3-4-12(14)11(13)8-15/h3-7,16H,2,9H2,1H3. The van der Waals surface area contributed by atoms with Gasteiger partial charge in [0.05, 0.1) is 17.9 Å². The van der Waals surface area contributed by atoms with Crippen LogP contribution in [0, 0.1) is 17.1 Å². The minimum Gasteiger partial charge on any atom is -0.378 e. The average Bonchev–Trinajstić information content (AvgIpc) is 2.83. The summed E-state index contributed by atoms with van der Waals surface area (Å²) in [7, 11) is 0. The number of hydrogen-bond donors (Lipinski definition) is 1. The van der Waals surface area contributed by atoms with Crippen molar-refractivity contribution in [3.05, 3.63) is 47.5 Å². The van der Waals surface area contributed by atoms with Crippen molar-refractivity contribution in [3.8, 4) is 6.07 Å². The molecule has 2 aromatic rings. The van der Waals surface area contributed by atoms with Gasteiger partial charge in [-0.25, -0.2) is 4.39 Å². The second-order valence-corrected chi connectivity index (χ2v) is 3.77. The first-order chi connectivity index (χ1) is 8.76. The number of benzene rings is 1. The maximum Gasteiger partial charge on any atom is 0.143 e. The van der Waals surface area contributed by atoms with Crippen LogP contribution < -0.4 is 5.32 Å². The number of nitriles is 1. The van der Waals surface area contributed by atoms with E-state index in [2.05, 4.69) is 10.4 Å². The van der Waals surface area contributed by atoms with Gasteiger partial charge >= 0.3 is 0 Å². The van der Waals surface area contributed by atoms with E-state index in [1.165, 1.54) is 6.07 Å². The molecule has 0 saturated heterocycles. The smallest absolute Gasteiger partial charge is 0.143 e. The summed E-state index contributed by atoms with van der Waals surface area (Å²) in [6.45, 7) is 3.28. The zero-order valence-electron chi connectivity index (χ0n) is 10.0. The fourth-order valence-electron chi connectivity index (χ4n) is 1.77. The fourth-order valence-corrected chi connectivity index (χ4v) is 1.77. The minimum atomic E-state index is -0.508. The van der Waals surface area contributed by atoms with Gasteiger partial charge in [-0.2, -0.15) is 10.4 Å². The first-order valence-corrected chi connectivity index (χ1v) is 5.69. The third-order valence-corrected chi connectivity index (χ3v) is 2.69. The van der Waals surface area contributed by atoms with Gasteiger partial charge < -0.3 is 5.32 Å². The molecule has 18 heavy (non-hydrogen) atoms. The quantitative estimate of drug-likeness (QED) is 0.899. The van der Waals surface area contributed by atoms with Crippen molar-refractivity contribution in [1.82, 2.24) is 9.78 Å². The first-order valence-electron chi connectivity index (χ1n) is 5.69. The van der Waals surface area contributed by atoms with Gasteiger partial charge in [0.25, 0.3) is 0 Å². The Bertz CT molecular complexity index is 583. The molecule has 5 heteroatoms. The van der Waals surface area contributed by atoms with Crippen molar-refractivity contribution in [3.63, 3.8) is 0 Å². The Balaban J connectivity index is 2.16. The second-order valence-electron chi connectivity index (χ2n) is 3.77. The van der Waals surface area contributed by atoms with E-state index in [0.717, 1.165) is 12.2 Å². The lowest BCUT2D eigenvalue weighted by Crippen LogP contribution is -2.08. The van der Waals surface area contributed by atoms with E-state index < -0.39 is 5.82 Å². The molecule has 0 bridgehead atoms. The molecular formula is C13H13FN4. The third-order valence-electron chi connectivity index (χ3n) is 2.69. The van der Waals surface area contributed by atoms with E-state index >= 15 is 0 Å². The van der Waals surface area contributed by atoms with Crippen LogP contribution in [0.5, 0.6) is 0 Å². The summed E-state index contributed by atoms with van der Waals surface area (Å²) in [4.78, 5) is 0. The molecule has 1 aromatic heterocycles. The predicted octanol–water partition coefficient (Wildman–Crippen LogP) is 2.53. The number of halogens is 1. The van der Waals surface area contributed by atoms with Gasteiger partial charge in [0.15, 0.2) is 0 Å². The summed E-state index contributed by atoms with van der Waals surface area (Å²) in [5.41, 5.74) is 1.53. The number of aromatic nitrogens is 2. The van der Waals surface area contributed by atoms with Crippen LogP contribution in [-0.4, -0.2) is 9.78 Å². The third kappa shape index (κ3) is 2.33. The maximum absolute atomic E-state index is 13.4.